The smallest absolute Gasteiger partial charge is 0.273 e. The van der Waals surface area contributed by atoms with Crippen LogP contribution >= 0.6 is 0 Å². The Hall–Kier alpha value is -2.30. The standard InChI is InChI=1S/C17H18N2O3/c1-10-3-2-4-12-7-13(8-21-15(10)12)19-17(20)14-16(11-5-6-11)22-9-18-14/h2-4,9,11,13H,5-8H2,1H3,(H,19,20). The molecule has 2 heterocycles. The number of hydrogen-bond acceptors (Lipinski definition) is 4. The molecule has 2 aromatic rings. The number of aryl methyl sites for hydroxylation is 1. The lowest BCUT2D eigenvalue weighted by Gasteiger charge is -2.27. The van der Waals surface area contributed by atoms with E-state index >= 15 is 0 Å². The summed E-state index contributed by atoms with van der Waals surface area (Å²) in [5.41, 5.74) is 2.70. The number of para-hydroxylation sites is 1. The van der Waals surface area contributed by atoms with Crippen molar-refractivity contribution in [2.24, 2.45) is 0 Å². The maximum atomic E-state index is 12.4. The highest BCUT2D eigenvalue weighted by atomic mass is 16.5. The largest absolute Gasteiger partial charge is 0.491 e. The number of aromatic nitrogens is 1. The van der Waals surface area contributed by atoms with Crippen LogP contribution in [0.15, 0.2) is 29.0 Å². The molecule has 1 saturated carbocycles. The van der Waals surface area contributed by atoms with E-state index in [0.29, 0.717) is 18.2 Å². The topological polar surface area (TPSA) is 64.4 Å². The van der Waals surface area contributed by atoms with Crippen LogP contribution in [0.5, 0.6) is 5.75 Å². The number of carbonyl (C=O) groups is 1. The summed E-state index contributed by atoms with van der Waals surface area (Å²) in [4.78, 5) is 16.5. The second-order valence-electron chi connectivity index (χ2n) is 6.09. The van der Waals surface area contributed by atoms with E-state index in [2.05, 4.69) is 10.3 Å². The molecule has 1 atom stereocenters. The normalized spacial score (nSPS) is 20.1. The van der Waals surface area contributed by atoms with Crippen molar-refractivity contribution in [3.05, 3.63) is 47.2 Å². The molecule has 1 amide bonds. The van der Waals surface area contributed by atoms with Crippen LogP contribution in [0, 0.1) is 6.92 Å². The second-order valence-corrected chi connectivity index (χ2v) is 6.09. The third kappa shape index (κ3) is 2.36. The molecule has 1 fully saturated rings. The molecule has 1 unspecified atom stereocenters. The Kier molecular flexibility index (Phi) is 3.13. The van der Waals surface area contributed by atoms with E-state index in [1.165, 1.54) is 6.39 Å². The molecule has 2 aliphatic rings. The molecular formula is C17H18N2O3. The molecule has 0 bridgehead atoms. The monoisotopic (exact) mass is 298 g/mol. The van der Waals surface area contributed by atoms with Crippen LogP contribution in [-0.4, -0.2) is 23.5 Å². The zero-order valence-electron chi connectivity index (χ0n) is 12.5. The molecule has 5 nitrogen and oxygen atoms in total. The van der Waals surface area contributed by atoms with E-state index in [0.717, 1.165) is 41.9 Å². The first-order valence-electron chi connectivity index (χ1n) is 7.68. The van der Waals surface area contributed by atoms with Gasteiger partial charge in [-0.1, -0.05) is 18.2 Å². The first kappa shape index (κ1) is 13.4. The molecule has 5 heteroatoms. The van der Waals surface area contributed by atoms with E-state index in [4.69, 9.17) is 9.15 Å². The van der Waals surface area contributed by atoms with E-state index in [-0.39, 0.29) is 11.9 Å². The highest BCUT2D eigenvalue weighted by molar-refractivity contribution is 5.93. The molecule has 0 spiro atoms. The SMILES string of the molecule is Cc1cccc2c1OCC(NC(=O)c1ncoc1C1CC1)C2. The maximum Gasteiger partial charge on any atom is 0.273 e. The van der Waals surface area contributed by atoms with Gasteiger partial charge in [-0.3, -0.25) is 4.79 Å². The summed E-state index contributed by atoms with van der Waals surface area (Å²) < 4.78 is 11.2. The van der Waals surface area contributed by atoms with Crippen molar-refractivity contribution >= 4 is 5.91 Å². The lowest BCUT2D eigenvalue weighted by molar-refractivity contribution is 0.0908. The molecule has 1 N–H and O–H groups in total. The molecule has 0 radical (unpaired) electrons. The van der Waals surface area contributed by atoms with Crippen LogP contribution in [0.2, 0.25) is 0 Å². The van der Waals surface area contributed by atoms with Crippen LogP contribution in [-0.2, 0) is 6.42 Å². The third-order valence-corrected chi connectivity index (χ3v) is 4.28. The predicted octanol–water partition coefficient (Wildman–Crippen LogP) is 2.59. The highest BCUT2D eigenvalue weighted by Gasteiger charge is 2.33. The van der Waals surface area contributed by atoms with Crippen molar-refractivity contribution in [2.45, 2.75) is 38.1 Å². The Labute approximate surface area is 128 Å². The summed E-state index contributed by atoms with van der Waals surface area (Å²) in [6, 6.07) is 6.07. The van der Waals surface area contributed by atoms with E-state index in [9.17, 15) is 4.79 Å². The molecule has 1 aliphatic carbocycles. The van der Waals surface area contributed by atoms with Crippen molar-refractivity contribution in [2.75, 3.05) is 6.61 Å². The molecular weight excluding hydrogens is 280 g/mol. The van der Waals surface area contributed by atoms with Crippen LogP contribution in [0.1, 0.15) is 46.1 Å². The molecule has 0 saturated heterocycles. The van der Waals surface area contributed by atoms with E-state index in [1.54, 1.807) is 0 Å². The molecule has 1 aliphatic heterocycles. The molecule has 114 valence electrons. The van der Waals surface area contributed by atoms with Crippen molar-refractivity contribution in [3.63, 3.8) is 0 Å². The van der Waals surface area contributed by atoms with Crippen LogP contribution in [0.3, 0.4) is 0 Å². The zero-order chi connectivity index (χ0) is 15.1. The molecule has 4 rings (SSSR count). The van der Waals surface area contributed by atoms with Crippen molar-refractivity contribution in [1.82, 2.24) is 10.3 Å². The molecule has 1 aromatic carbocycles. The van der Waals surface area contributed by atoms with E-state index in [1.807, 2.05) is 25.1 Å². The minimum absolute atomic E-state index is 0.0365. The van der Waals surface area contributed by atoms with E-state index < -0.39 is 0 Å². The third-order valence-electron chi connectivity index (χ3n) is 4.28. The lowest BCUT2D eigenvalue weighted by atomic mass is 10.00. The van der Waals surface area contributed by atoms with Gasteiger partial charge in [-0.2, -0.15) is 0 Å². The van der Waals surface area contributed by atoms with Gasteiger partial charge in [-0.25, -0.2) is 4.98 Å². The van der Waals surface area contributed by atoms with Gasteiger partial charge < -0.3 is 14.5 Å². The predicted molar refractivity (Wildman–Crippen MR) is 80.1 cm³/mol. The lowest BCUT2D eigenvalue weighted by Crippen LogP contribution is -2.43. The number of nitrogens with one attached hydrogen (secondary N) is 1. The summed E-state index contributed by atoms with van der Waals surface area (Å²) in [7, 11) is 0. The summed E-state index contributed by atoms with van der Waals surface area (Å²) in [5.74, 6) is 1.88. The number of hydrogen-bond donors (Lipinski definition) is 1. The number of fused-ring (bicyclic) bond motifs is 1. The first-order valence-corrected chi connectivity index (χ1v) is 7.68. The van der Waals surface area contributed by atoms with Gasteiger partial charge in [0.15, 0.2) is 12.1 Å². The van der Waals surface area contributed by atoms with Crippen molar-refractivity contribution < 1.29 is 13.9 Å². The van der Waals surface area contributed by atoms with Gasteiger partial charge in [0.2, 0.25) is 0 Å². The second kappa shape index (κ2) is 5.16. The summed E-state index contributed by atoms with van der Waals surface area (Å²) in [6.45, 7) is 2.52. The van der Waals surface area contributed by atoms with Gasteiger partial charge in [0.1, 0.15) is 18.1 Å². The van der Waals surface area contributed by atoms with Gasteiger partial charge in [0.25, 0.3) is 5.91 Å². The van der Waals surface area contributed by atoms with Crippen LogP contribution in [0.25, 0.3) is 0 Å². The quantitative estimate of drug-likeness (QED) is 0.946. The maximum absolute atomic E-state index is 12.4. The number of amides is 1. The Bertz CT molecular complexity index is 718. The number of nitrogens with zero attached hydrogens (tertiary/aromatic N) is 1. The van der Waals surface area contributed by atoms with Crippen LogP contribution < -0.4 is 10.1 Å². The summed E-state index contributed by atoms with van der Waals surface area (Å²) >= 11 is 0. The highest BCUT2D eigenvalue weighted by Crippen LogP contribution is 2.41. The average Bonchev–Trinajstić information content (AvgIpc) is 3.24. The fourth-order valence-corrected chi connectivity index (χ4v) is 3.00. The number of ether oxygens (including phenoxy) is 1. The number of carbonyl (C=O) groups excluding carboxylic acids is 1. The molecule has 1 aromatic heterocycles. The average molecular weight is 298 g/mol. The van der Waals surface area contributed by atoms with Crippen LogP contribution in [0.4, 0.5) is 0 Å². The van der Waals surface area contributed by atoms with Crippen molar-refractivity contribution in [3.8, 4) is 5.75 Å². The van der Waals surface area contributed by atoms with Gasteiger partial charge in [0.05, 0.1) is 6.04 Å². The first-order chi connectivity index (χ1) is 10.7. The zero-order valence-corrected chi connectivity index (χ0v) is 12.5. The van der Waals surface area contributed by atoms with Gasteiger partial charge in [-0.05, 0) is 37.3 Å². The van der Waals surface area contributed by atoms with Crippen molar-refractivity contribution in [1.29, 1.82) is 0 Å². The van der Waals surface area contributed by atoms with Gasteiger partial charge in [-0.15, -0.1) is 0 Å². The minimum atomic E-state index is -0.166. The number of rotatable bonds is 3. The fourth-order valence-electron chi connectivity index (χ4n) is 3.00. The summed E-state index contributed by atoms with van der Waals surface area (Å²) in [6.07, 6.45) is 4.29. The minimum Gasteiger partial charge on any atom is -0.491 e. The summed E-state index contributed by atoms with van der Waals surface area (Å²) in [5, 5.41) is 3.02. The Morgan fingerprint density at radius 3 is 3.05 bits per heavy atom. The Balaban J connectivity index is 1.48. The number of oxazole rings is 1. The Morgan fingerprint density at radius 1 is 1.36 bits per heavy atom. The number of benzene rings is 1. The fraction of sp³-hybridized carbons (Fsp3) is 0.412. The van der Waals surface area contributed by atoms with Gasteiger partial charge >= 0.3 is 0 Å². The van der Waals surface area contributed by atoms with Gasteiger partial charge in [0, 0.05) is 5.92 Å². The molecule has 22 heavy (non-hydrogen) atoms. The Morgan fingerprint density at radius 2 is 2.23 bits per heavy atom.